The largest absolute Gasteiger partial charge is 0.462 e. The summed E-state index contributed by atoms with van der Waals surface area (Å²) in [5.41, 5.74) is 0. The maximum absolute atomic E-state index is 12.8. The topological polar surface area (TPSA) is 78.9 Å². The second-order valence-corrected chi connectivity index (χ2v) is 18.1. The summed E-state index contributed by atoms with van der Waals surface area (Å²) in [7, 11) is 0. The van der Waals surface area contributed by atoms with Crippen molar-refractivity contribution in [3.8, 4) is 0 Å². The molecule has 0 rings (SSSR count). The molecule has 0 N–H and O–H groups in total. The maximum Gasteiger partial charge on any atom is 0.306 e. The minimum Gasteiger partial charge on any atom is -0.462 e. The molecule has 0 saturated carbocycles. The number of rotatable bonds is 49. The Balaban J connectivity index is 4.35. The first-order valence-corrected chi connectivity index (χ1v) is 27.1. The summed E-state index contributed by atoms with van der Waals surface area (Å²) in [5.74, 6) is -0.980. The third-order valence-electron chi connectivity index (χ3n) is 11.8. The molecule has 0 aliphatic rings. The number of allylic oxidation sites excluding steroid dienone is 8. The summed E-state index contributed by atoms with van der Waals surface area (Å²) < 4.78 is 16.7. The van der Waals surface area contributed by atoms with E-state index in [2.05, 4.69) is 69.4 Å². The molecule has 366 valence electrons. The summed E-state index contributed by atoms with van der Waals surface area (Å²) in [6.45, 7) is 6.55. The average molecular weight is 883 g/mol. The molecule has 0 aromatic heterocycles. The molecular weight excluding hydrogens is 781 g/mol. The van der Waals surface area contributed by atoms with E-state index in [1.807, 2.05) is 0 Å². The lowest BCUT2D eigenvalue weighted by molar-refractivity contribution is -0.167. The van der Waals surface area contributed by atoms with E-state index in [9.17, 15) is 14.4 Å². The van der Waals surface area contributed by atoms with E-state index in [1.54, 1.807) is 0 Å². The monoisotopic (exact) mass is 883 g/mol. The van der Waals surface area contributed by atoms with Crippen LogP contribution in [0.5, 0.6) is 0 Å². The molecule has 0 aliphatic carbocycles. The van der Waals surface area contributed by atoms with E-state index >= 15 is 0 Å². The van der Waals surface area contributed by atoms with Gasteiger partial charge in [-0.3, -0.25) is 14.4 Å². The highest BCUT2D eigenvalue weighted by Gasteiger charge is 2.19. The van der Waals surface area contributed by atoms with Gasteiger partial charge in [0.1, 0.15) is 13.2 Å². The normalized spacial score (nSPS) is 12.4. The summed E-state index contributed by atoms with van der Waals surface area (Å²) in [4.78, 5) is 37.9. The molecule has 63 heavy (non-hydrogen) atoms. The molecule has 6 nitrogen and oxygen atoms in total. The van der Waals surface area contributed by atoms with Gasteiger partial charge in [0.2, 0.25) is 0 Å². The van der Waals surface area contributed by atoms with Crippen LogP contribution in [0.4, 0.5) is 0 Å². The molecule has 1 atom stereocenters. The van der Waals surface area contributed by atoms with E-state index in [0.29, 0.717) is 25.7 Å². The number of carbonyl (C=O) groups excluding carboxylic acids is 3. The fraction of sp³-hybridized carbons (Fsp3) is 0.807. The summed E-state index contributed by atoms with van der Waals surface area (Å²) in [6, 6.07) is 0. The zero-order valence-electron chi connectivity index (χ0n) is 41.8. The van der Waals surface area contributed by atoms with Crippen molar-refractivity contribution in [3.63, 3.8) is 0 Å². The summed E-state index contributed by atoms with van der Waals surface area (Å²) >= 11 is 0. The fourth-order valence-corrected chi connectivity index (χ4v) is 7.70. The van der Waals surface area contributed by atoms with Crippen LogP contribution < -0.4 is 0 Å². The van der Waals surface area contributed by atoms with Crippen LogP contribution in [0.15, 0.2) is 48.6 Å². The highest BCUT2D eigenvalue weighted by molar-refractivity contribution is 5.71. The highest BCUT2D eigenvalue weighted by atomic mass is 16.6. The molecular formula is C57H102O6. The Labute approximate surface area is 390 Å². The summed E-state index contributed by atoms with van der Waals surface area (Å²) in [5, 5.41) is 0. The van der Waals surface area contributed by atoms with Gasteiger partial charge < -0.3 is 14.2 Å². The Hall–Kier alpha value is -2.63. The first-order chi connectivity index (χ1) is 31.0. The van der Waals surface area contributed by atoms with Crippen molar-refractivity contribution in [1.29, 1.82) is 0 Å². The van der Waals surface area contributed by atoms with Crippen LogP contribution in [0.2, 0.25) is 0 Å². The average Bonchev–Trinajstić information content (AvgIpc) is 3.28. The molecule has 0 bridgehead atoms. The van der Waals surface area contributed by atoms with Gasteiger partial charge in [0, 0.05) is 19.3 Å². The second-order valence-electron chi connectivity index (χ2n) is 18.1. The molecule has 0 heterocycles. The van der Waals surface area contributed by atoms with Crippen molar-refractivity contribution in [1.82, 2.24) is 0 Å². The Morgan fingerprint density at radius 2 is 0.587 bits per heavy atom. The molecule has 0 fully saturated rings. The quantitative estimate of drug-likeness (QED) is 0.0262. The SMILES string of the molecule is CCCCCC/C=C\CCCC(=O)OCC(COC(=O)CCCCCCCCCCCCCCCCCCCCC)OC(=O)CCC/C=C\C/C=C\C/C=C\CCCCCCCC. The van der Waals surface area contributed by atoms with Crippen molar-refractivity contribution in [2.75, 3.05) is 13.2 Å². The van der Waals surface area contributed by atoms with Gasteiger partial charge in [-0.15, -0.1) is 0 Å². The zero-order chi connectivity index (χ0) is 45.8. The maximum atomic E-state index is 12.8. The van der Waals surface area contributed by atoms with E-state index in [-0.39, 0.29) is 37.5 Å². The molecule has 0 aromatic rings. The molecule has 0 aliphatic heterocycles. The molecule has 6 heteroatoms. The van der Waals surface area contributed by atoms with Gasteiger partial charge >= 0.3 is 17.9 Å². The molecule has 0 radical (unpaired) electrons. The van der Waals surface area contributed by atoms with Crippen LogP contribution >= 0.6 is 0 Å². The number of unbranched alkanes of at least 4 members (excludes halogenated alkanes) is 30. The third-order valence-corrected chi connectivity index (χ3v) is 11.8. The Morgan fingerprint density at radius 3 is 0.984 bits per heavy atom. The third kappa shape index (κ3) is 50.2. The van der Waals surface area contributed by atoms with Gasteiger partial charge in [0.25, 0.3) is 0 Å². The predicted molar refractivity (Wildman–Crippen MR) is 270 cm³/mol. The highest BCUT2D eigenvalue weighted by Crippen LogP contribution is 2.16. The van der Waals surface area contributed by atoms with Crippen molar-refractivity contribution >= 4 is 17.9 Å². The van der Waals surface area contributed by atoms with Crippen molar-refractivity contribution in [3.05, 3.63) is 48.6 Å². The van der Waals surface area contributed by atoms with Crippen molar-refractivity contribution < 1.29 is 28.6 Å². The van der Waals surface area contributed by atoms with Crippen molar-refractivity contribution in [2.45, 2.75) is 284 Å². The van der Waals surface area contributed by atoms with Gasteiger partial charge in [0.05, 0.1) is 0 Å². The van der Waals surface area contributed by atoms with Crippen LogP contribution in [-0.2, 0) is 28.6 Å². The minimum absolute atomic E-state index is 0.0990. The lowest BCUT2D eigenvalue weighted by Crippen LogP contribution is -2.30. The van der Waals surface area contributed by atoms with Crippen molar-refractivity contribution in [2.24, 2.45) is 0 Å². The van der Waals surface area contributed by atoms with Gasteiger partial charge in [-0.05, 0) is 70.6 Å². The fourth-order valence-electron chi connectivity index (χ4n) is 7.70. The Bertz CT molecular complexity index is 1110. The molecule has 0 spiro atoms. The molecule has 0 amide bonds. The minimum atomic E-state index is -0.806. The molecule has 1 unspecified atom stereocenters. The number of esters is 3. The van der Waals surface area contributed by atoms with Crippen LogP contribution in [0.3, 0.4) is 0 Å². The van der Waals surface area contributed by atoms with Crippen LogP contribution in [-0.4, -0.2) is 37.2 Å². The first kappa shape index (κ1) is 60.4. The van der Waals surface area contributed by atoms with Crippen LogP contribution in [0.25, 0.3) is 0 Å². The van der Waals surface area contributed by atoms with E-state index in [1.165, 1.54) is 173 Å². The predicted octanol–water partition coefficient (Wildman–Crippen LogP) is 17.9. The number of hydrogen-bond donors (Lipinski definition) is 0. The number of carbonyl (C=O) groups is 3. The molecule has 0 saturated heterocycles. The van der Waals surface area contributed by atoms with Crippen LogP contribution in [0, 0.1) is 0 Å². The lowest BCUT2D eigenvalue weighted by atomic mass is 10.0. The first-order valence-electron chi connectivity index (χ1n) is 27.1. The van der Waals surface area contributed by atoms with Gasteiger partial charge in [-0.2, -0.15) is 0 Å². The smallest absolute Gasteiger partial charge is 0.306 e. The van der Waals surface area contributed by atoms with Gasteiger partial charge in [0.15, 0.2) is 6.10 Å². The standard InChI is InChI=1S/C57H102O6/c1-4-7-10-13-16-19-21-23-25-27-28-30-31-33-35-38-41-44-47-50-56(59)62-53-54(52-61-55(58)49-46-43-40-37-18-15-12-9-6-3)63-57(60)51-48-45-42-39-36-34-32-29-26-24-22-20-17-14-11-8-5-2/h24,26,32,34,37,39-40,42,54H,4-23,25,27-31,33,35-36,38,41,43-53H2,1-3H3/b26-24-,34-32-,40-37-,42-39-. The van der Waals surface area contributed by atoms with E-state index in [0.717, 1.165) is 51.4 Å². The number of ether oxygens (including phenoxy) is 3. The second kappa shape index (κ2) is 52.0. The Morgan fingerprint density at radius 1 is 0.317 bits per heavy atom. The van der Waals surface area contributed by atoms with Crippen LogP contribution in [0.1, 0.15) is 278 Å². The Kier molecular flexibility index (Phi) is 49.8. The van der Waals surface area contributed by atoms with Gasteiger partial charge in [-0.1, -0.05) is 236 Å². The number of hydrogen-bond acceptors (Lipinski definition) is 6. The van der Waals surface area contributed by atoms with E-state index < -0.39 is 6.10 Å². The lowest BCUT2D eigenvalue weighted by Gasteiger charge is -2.18. The summed E-state index contributed by atoms with van der Waals surface area (Å²) in [6.07, 6.45) is 62.7. The van der Waals surface area contributed by atoms with E-state index in [4.69, 9.17) is 14.2 Å². The zero-order valence-corrected chi connectivity index (χ0v) is 41.8. The molecule has 0 aromatic carbocycles. The van der Waals surface area contributed by atoms with Gasteiger partial charge in [-0.25, -0.2) is 0 Å².